The van der Waals surface area contributed by atoms with Gasteiger partial charge in [0.1, 0.15) is 0 Å². The first kappa shape index (κ1) is 22.6. The lowest BCUT2D eigenvalue weighted by molar-refractivity contribution is 0.306. The molecule has 2 N–H and O–H groups in total. The number of anilines is 1. The van der Waals surface area contributed by atoms with Crippen LogP contribution < -0.4 is 15.5 Å². The minimum atomic E-state index is -3.10. The van der Waals surface area contributed by atoms with Gasteiger partial charge >= 0.3 is 0 Å². The van der Waals surface area contributed by atoms with E-state index in [9.17, 15) is 8.42 Å². The second-order valence-electron chi connectivity index (χ2n) is 7.87. The van der Waals surface area contributed by atoms with Crippen LogP contribution in [0.4, 0.5) is 5.69 Å². The van der Waals surface area contributed by atoms with E-state index in [1.807, 2.05) is 6.92 Å². The van der Waals surface area contributed by atoms with Gasteiger partial charge in [0.15, 0.2) is 5.96 Å². The highest BCUT2D eigenvalue weighted by molar-refractivity contribution is 7.89. The number of hydrogen-bond acceptors (Lipinski definition) is 4. The summed E-state index contributed by atoms with van der Waals surface area (Å²) in [7, 11) is -3.10. The van der Waals surface area contributed by atoms with Crippen molar-refractivity contribution in [1.82, 2.24) is 14.9 Å². The fourth-order valence-corrected chi connectivity index (χ4v) is 5.39. The van der Waals surface area contributed by atoms with Gasteiger partial charge in [-0.25, -0.2) is 17.7 Å². The molecule has 7 nitrogen and oxygen atoms in total. The number of nitrogens with one attached hydrogen (secondary N) is 2. The monoisotopic (exact) mass is 433 g/mol. The standard InChI is InChI=1S/C22H35N5O2S/c1-3-17-30(28,29)27-15-11-20(12-16-27)25-22(23-4-2)24-18-19-7-9-21(10-8-19)26-13-5-6-14-26/h5-10,20H,3-4,11-18H2,1-2H3,(H2,23,24,25). The number of hydrogen-bond donors (Lipinski definition) is 2. The lowest BCUT2D eigenvalue weighted by Crippen LogP contribution is -2.50. The van der Waals surface area contributed by atoms with Gasteiger partial charge in [0, 0.05) is 44.5 Å². The van der Waals surface area contributed by atoms with Gasteiger partial charge in [-0.05, 0) is 43.9 Å². The summed E-state index contributed by atoms with van der Waals surface area (Å²) in [5.41, 5.74) is 2.41. The second-order valence-corrected chi connectivity index (χ2v) is 9.96. The van der Waals surface area contributed by atoms with Crippen LogP contribution in [0.2, 0.25) is 0 Å². The predicted octanol–water partition coefficient (Wildman–Crippen LogP) is 2.32. The molecule has 0 bridgehead atoms. The molecule has 0 aliphatic carbocycles. The van der Waals surface area contributed by atoms with Crippen LogP contribution in [0.1, 0.15) is 38.7 Å². The van der Waals surface area contributed by atoms with Gasteiger partial charge in [0.25, 0.3) is 0 Å². The second kappa shape index (κ2) is 10.8. The van der Waals surface area contributed by atoms with Crippen molar-refractivity contribution >= 4 is 21.7 Å². The lowest BCUT2D eigenvalue weighted by atomic mass is 10.1. The van der Waals surface area contributed by atoms with E-state index in [2.05, 4.69) is 58.9 Å². The van der Waals surface area contributed by atoms with Crippen LogP contribution in [0.25, 0.3) is 0 Å². The van der Waals surface area contributed by atoms with Gasteiger partial charge in [-0.1, -0.05) is 31.2 Å². The summed E-state index contributed by atoms with van der Waals surface area (Å²) in [5, 5.41) is 6.80. The molecule has 1 fully saturated rings. The van der Waals surface area contributed by atoms with Crippen molar-refractivity contribution in [3.8, 4) is 0 Å². The Bertz CT molecular complexity index is 820. The smallest absolute Gasteiger partial charge is 0.214 e. The van der Waals surface area contributed by atoms with E-state index in [0.717, 1.165) is 38.4 Å². The van der Waals surface area contributed by atoms with Crippen LogP contribution in [0.15, 0.2) is 41.4 Å². The van der Waals surface area contributed by atoms with Gasteiger partial charge in [-0.2, -0.15) is 0 Å². The number of benzene rings is 1. The third kappa shape index (κ3) is 6.22. The van der Waals surface area contributed by atoms with Crippen molar-refractivity contribution in [2.24, 2.45) is 4.99 Å². The molecule has 0 amide bonds. The average Bonchev–Trinajstić information content (AvgIpc) is 3.28. The molecule has 166 valence electrons. The highest BCUT2D eigenvalue weighted by Crippen LogP contribution is 2.18. The molecule has 8 heteroatoms. The normalized spacial score (nSPS) is 18.7. The number of rotatable bonds is 8. The number of aliphatic imine (C=N–C) groups is 1. The summed E-state index contributed by atoms with van der Waals surface area (Å²) >= 11 is 0. The molecule has 3 rings (SSSR count). The molecule has 0 atom stereocenters. The number of piperidine rings is 1. The summed E-state index contributed by atoms with van der Waals surface area (Å²) in [6.07, 6.45) is 6.64. The van der Waals surface area contributed by atoms with Gasteiger partial charge in [0.05, 0.1) is 12.3 Å². The molecule has 0 radical (unpaired) electrons. The van der Waals surface area contributed by atoms with Crippen LogP contribution in [-0.2, 0) is 16.6 Å². The van der Waals surface area contributed by atoms with Crippen LogP contribution in [-0.4, -0.2) is 63.2 Å². The van der Waals surface area contributed by atoms with E-state index in [1.54, 1.807) is 4.31 Å². The topological polar surface area (TPSA) is 77.0 Å². The molecule has 1 saturated heterocycles. The van der Waals surface area contributed by atoms with Crippen molar-refractivity contribution in [1.29, 1.82) is 0 Å². The minimum absolute atomic E-state index is 0.237. The Balaban J connectivity index is 1.52. The maximum atomic E-state index is 12.2. The van der Waals surface area contributed by atoms with Crippen LogP contribution in [0, 0.1) is 0 Å². The molecule has 0 saturated carbocycles. The number of nitrogens with zero attached hydrogens (tertiary/aromatic N) is 3. The Labute approximate surface area is 181 Å². The first-order valence-corrected chi connectivity index (χ1v) is 12.6. The first-order valence-electron chi connectivity index (χ1n) is 11.0. The Hall–Kier alpha value is -2.06. The van der Waals surface area contributed by atoms with E-state index in [-0.39, 0.29) is 11.8 Å². The summed E-state index contributed by atoms with van der Waals surface area (Å²) in [4.78, 5) is 7.06. The third-order valence-electron chi connectivity index (χ3n) is 5.53. The minimum Gasteiger partial charge on any atom is -0.364 e. The summed E-state index contributed by atoms with van der Waals surface area (Å²) in [6.45, 7) is 8.46. The number of guanidine groups is 1. The zero-order valence-electron chi connectivity index (χ0n) is 18.2. The quantitative estimate of drug-likeness (QED) is 0.374. The fourth-order valence-electron chi connectivity index (χ4n) is 3.85. The fraction of sp³-hybridized carbons (Fsp3) is 0.591. The van der Waals surface area contributed by atoms with Crippen LogP contribution in [0.5, 0.6) is 0 Å². The molecule has 1 aromatic rings. The molecular weight excluding hydrogens is 398 g/mol. The average molecular weight is 434 g/mol. The lowest BCUT2D eigenvalue weighted by Gasteiger charge is -2.32. The molecule has 2 aliphatic rings. The van der Waals surface area contributed by atoms with Crippen molar-refractivity contribution in [2.75, 3.05) is 43.4 Å². The van der Waals surface area contributed by atoms with Crippen LogP contribution in [0.3, 0.4) is 0 Å². The summed E-state index contributed by atoms with van der Waals surface area (Å²) in [5.74, 6) is 1.03. The first-order chi connectivity index (χ1) is 14.5. The summed E-state index contributed by atoms with van der Waals surface area (Å²) < 4.78 is 26.1. The van der Waals surface area contributed by atoms with Crippen LogP contribution >= 0.6 is 0 Å². The predicted molar refractivity (Wildman–Crippen MR) is 124 cm³/mol. The van der Waals surface area contributed by atoms with Gasteiger partial charge in [0.2, 0.25) is 10.0 Å². The Morgan fingerprint density at radius 3 is 2.37 bits per heavy atom. The van der Waals surface area contributed by atoms with Crippen molar-refractivity contribution < 1.29 is 8.42 Å². The molecule has 0 unspecified atom stereocenters. The molecule has 30 heavy (non-hydrogen) atoms. The van der Waals surface area contributed by atoms with Gasteiger partial charge in [-0.3, -0.25) is 0 Å². The van der Waals surface area contributed by atoms with Crippen molar-refractivity contribution in [3.63, 3.8) is 0 Å². The highest BCUT2D eigenvalue weighted by Gasteiger charge is 2.27. The van der Waals surface area contributed by atoms with Gasteiger partial charge in [-0.15, -0.1) is 0 Å². The van der Waals surface area contributed by atoms with Crippen molar-refractivity contribution in [3.05, 3.63) is 42.0 Å². The largest absolute Gasteiger partial charge is 0.364 e. The molecule has 1 aromatic carbocycles. The molecule has 2 heterocycles. The third-order valence-corrected chi connectivity index (χ3v) is 7.61. The Morgan fingerprint density at radius 1 is 1.10 bits per heavy atom. The van der Waals surface area contributed by atoms with E-state index < -0.39 is 10.0 Å². The zero-order chi connectivity index (χ0) is 21.4. The summed E-state index contributed by atoms with van der Waals surface area (Å²) in [6, 6.07) is 8.83. The van der Waals surface area contributed by atoms with E-state index in [1.165, 1.54) is 11.3 Å². The molecule has 0 spiro atoms. The molecule has 2 aliphatic heterocycles. The van der Waals surface area contributed by atoms with E-state index in [4.69, 9.17) is 4.99 Å². The zero-order valence-corrected chi connectivity index (χ0v) is 19.0. The molecule has 0 aromatic heterocycles. The highest BCUT2D eigenvalue weighted by atomic mass is 32.2. The maximum Gasteiger partial charge on any atom is 0.214 e. The molecular formula is C22H35N5O2S. The SMILES string of the molecule is CCCS(=O)(=O)N1CCC(NC(=NCc2ccc(N3CC=CC3)cc2)NCC)CC1. The Morgan fingerprint density at radius 2 is 1.77 bits per heavy atom. The maximum absolute atomic E-state index is 12.2. The Kier molecular flexibility index (Phi) is 8.16. The van der Waals surface area contributed by atoms with E-state index >= 15 is 0 Å². The van der Waals surface area contributed by atoms with E-state index in [0.29, 0.717) is 26.1 Å². The van der Waals surface area contributed by atoms with Gasteiger partial charge < -0.3 is 15.5 Å². The number of sulfonamides is 1. The van der Waals surface area contributed by atoms with Crippen molar-refractivity contribution in [2.45, 2.75) is 45.7 Å².